The molecule has 21 heavy (non-hydrogen) atoms. The summed E-state index contributed by atoms with van der Waals surface area (Å²) >= 11 is 0. The first-order valence-corrected chi connectivity index (χ1v) is 7.32. The second-order valence-electron chi connectivity index (χ2n) is 6.19. The lowest BCUT2D eigenvalue weighted by Gasteiger charge is -2.36. The van der Waals surface area contributed by atoms with E-state index in [1.807, 2.05) is 27.0 Å². The predicted octanol–water partition coefficient (Wildman–Crippen LogP) is 2.39. The van der Waals surface area contributed by atoms with Crippen LogP contribution in [0.15, 0.2) is 6.20 Å². The maximum atomic E-state index is 11.3. The molecule has 0 amide bonds. The summed E-state index contributed by atoms with van der Waals surface area (Å²) < 4.78 is 5.43. The molecule has 0 unspecified atom stereocenters. The van der Waals surface area contributed by atoms with E-state index in [1.165, 1.54) is 0 Å². The average Bonchev–Trinajstić information content (AvgIpc) is 2.45. The monoisotopic (exact) mass is 292 g/mol. The molecular weight excluding hydrogens is 268 g/mol. The van der Waals surface area contributed by atoms with E-state index in [0.717, 1.165) is 42.2 Å². The molecule has 0 bridgehead atoms. The van der Waals surface area contributed by atoms with Crippen LogP contribution in [-0.2, 0) is 11.3 Å². The Morgan fingerprint density at radius 3 is 2.57 bits per heavy atom. The van der Waals surface area contributed by atoms with Crippen molar-refractivity contribution in [1.82, 2.24) is 9.88 Å². The van der Waals surface area contributed by atoms with Crippen LogP contribution in [0.5, 0.6) is 5.75 Å². The normalized spacial score (nSPS) is 18.5. The van der Waals surface area contributed by atoms with Gasteiger partial charge >= 0.3 is 5.97 Å². The van der Waals surface area contributed by atoms with E-state index in [0.29, 0.717) is 12.8 Å². The van der Waals surface area contributed by atoms with Crippen LogP contribution in [0.1, 0.15) is 36.6 Å². The van der Waals surface area contributed by atoms with Crippen LogP contribution < -0.4 is 4.74 Å². The van der Waals surface area contributed by atoms with Crippen LogP contribution in [-0.4, -0.2) is 41.2 Å². The van der Waals surface area contributed by atoms with Gasteiger partial charge in [-0.25, -0.2) is 0 Å². The minimum atomic E-state index is -0.687. The van der Waals surface area contributed by atoms with E-state index in [-0.39, 0.29) is 0 Å². The molecule has 0 aliphatic carbocycles. The highest BCUT2D eigenvalue weighted by molar-refractivity contribution is 5.74. The van der Waals surface area contributed by atoms with Crippen LogP contribution in [0.25, 0.3) is 0 Å². The largest absolute Gasteiger partial charge is 0.496 e. The molecule has 5 heteroatoms. The van der Waals surface area contributed by atoms with Gasteiger partial charge in [-0.3, -0.25) is 14.7 Å². The minimum absolute atomic E-state index is 0.579. The SMILES string of the molecule is COc1c(C)cnc(CN2CCC(C)(C(=O)O)CC2)c1C. The molecule has 1 aliphatic heterocycles. The van der Waals surface area contributed by atoms with E-state index < -0.39 is 11.4 Å². The second kappa shape index (κ2) is 6.02. The zero-order valence-corrected chi connectivity index (χ0v) is 13.3. The van der Waals surface area contributed by atoms with E-state index in [9.17, 15) is 9.90 Å². The molecule has 1 N–H and O–H groups in total. The first-order chi connectivity index (χ1) is 9.87. The molecule has 5 nitrogen and oxygen atoms in total. The number of aryl methyl sites for hydroxylation is 1. The highest BCUT2D eigenvalue weighted by atomic mass is 16.5. The third-order valence-electron chi connectivity index (χ3n) is 4.60. The number of carbonyl (C=O) groups is 1. The molecule has 1 aromatic heterocycles. The van der Waals surface area contributed by atoms with Gasteiger partial charge < -0.3 is 9.84 Å². The van der Waals surface area contributed by atoms with Gasteiger partial charge in [0, 0.05) is 23.9 Å². The number of methoxy groups -OCH3 is 1. The van der Waals surface area contributed by atoms with Crippen molar-refractivity contribution < 1.29 is 14.6 Å². The van der Waals surface area contributed by atoms with Crippen LogP contribution in [0.3, 0.4) is 0 Å². The molecule has 0 atom stereocenters. The number of carboxylic acids is 1. The Balaban J connectivity index is 2.06. The van der Waals surface area contributed by atoms with Crippen LogP contribution in [0.2, 0.25) is 0 Å². The maximum Gasteiger partial charge on any atom is 0.309 e. The summed E-state index contributed by atoms with van der Waals surface area (Å²) in [4.78, 5) is 18.1. The molecular formula is C16H24N2O3. The van der Waals surface area contributed by atoms with Gasteiger partial charge in [0.15, 0.2) is 0 Å². The summed E-state index contributed by atoms with van der Waals surface area (Å²) in [5.41, 5.74) is 2.54. The van der Waals surface area contributed by atoms with Crippen molar-refractivity contribution >= 4 is 5.97 Å². The van der Waals surface area contributed by atoms with Crippen molar-refractivity contribution in [2.24, 2.45) is 5.41 Å². The van der Waals surface area contributed by atoms with Gasteiger partial charge in [0.1, 0.15) is 5.75 Å². The molecule has 2 heterocycles. The molecule has 2 rings (SSSR count). The number of pyridine rings is 1. The number of likely N-dealkylation sites (tertiary alicyclic amines) is 1. The molecule has 1 aromatic rings. The van der Waals surface area contributed by atoms with Gasteiger partial charge in [-0.05, 0) is 46.7 Å². The Bertz CT molecular complexity index is 535. The lowest BCUT2D eigenvalue weighted by molar-refractivity contribution is -0.150. The highest BCUT2D eigenvalue weighted by Crippen LogP contribution is 2.32. The van der Waals surface area contributed by atoms with Crippen LogP contribution >= 0.6 is 0 Å². The molecule has 0 aromatic carbocycles. The molecule has 116 valence electrons. The third-order valence-corrected chi connectivity index (χ3v) is 4.60. The Labute approximate surface area is 125 Å². The van der Waals surface area contributed by atoms with Crippen molar-refractivity contribution in [2.75, 3.05) is 20.2 Å². The number of piperidine rings is 1. The smallest absolute Gasteiger partial charge is 0.309 e. The summed E-state index contributed by atoms with van der Waals surface area (Å²) in [7, 11) is 1.68. The maximum absolute atomic E-state index is 11.3. The summed E-state index contributed by atoms with van der Waals surface area (Å²) in [6.07, 6.45) is 3.21. The van der Waals surface area contributed by atoms with E-state index >= 15 is 0 Å². The number of rotatable bonds is 4. The summed E-state index contributed by atoms with van der Waals surface area (Å²) in [6.45, 7) is 8.19. The molecule has 0 spiro atoms. The first kappa shape index (κ1) is 15.8. The standard InChI is InChI=1S/C16H24N2O3/c1-11-9-17-13(12(2)14(11)21-4)10-18-7-5-16(3,6-8-18)15(19)20/h9H,5-8,10H2,1-4H3,(H,19,20). The van der Waals surface area contributed by atoms with Crippen molar-refractivity contribution in [3.8, 4) is 5.75 Å². The number of hydrogen-bond donors (Lipinski definition) is 1. The van der Waals surface area contributed by atoms with Crippen LogP contribution in [0.4, 0.5) is 0 Å². The molecule has 1 aliphatic rings. The zero-order valence-electron chi connectivity index (χ0n) is 13.3. The van der Waals surface area contributed by atoms with E-state index in [2.05, 4.69) is 9.88 Å². The number of hydrogen-bond acceptors (Lipinski definition) is 4. The van der Waals surface area contributed by atoms with Crippen molar-refractivity contribution in [2.45, 2.75) is 40.2 Å². The Kier molecular flexibility index (Phi) is 4.52. The van der Waals surface area contributed by atoms with Crippen molar-refractivity contribution in [3.63, 3.8) is 0 Å². The summed E-state index contributed by atoms with van der Waals surface area (Å²) in [5.74, 6) is 0.209. The highest BCUT2D eigenvalue weighted by Gasteiger charge is 2.36. The lowest BCUT2D eigenvalue weighted by Crippen LogP contribution is -2.42. The molecule has 0 radical (unpaired) electrons. The number of ether oxygens (including phenoxy) is 1. The lowest BCUT2D eigenvalue weighted by atomic mass is 9.80. The topological polar surface area (TPSA) is 62.7 Å². The molecule has 0 saturated carbocycles. The average molecular weight is 292 g/mol. The Morgan fingerprint density at radius 1 is 1.43 bits per heavy atom. The Hall–Kier alpha value is -1.62. The van der Waals surface area contributed by atoms with Crippen LogP contribution in [0, 0.1) is 19.3 Å². The minimum Gasteiger partial charge on any atom is -0.496 e. The molecule has 1 saturated heterocycles. The van der Waals surface area contributed by atoms with Gasteiger partial charge in [-0.1, -0.05) is 0 Å². The third kappa shape index (κ3) is 3.18. The number of carboxylic acid groups (broad SMARTS) is 1. The predicted molar refractivity (Wildman–Crippen MR) is 80.5 cm³/mol. The number of nitrogens with zero attached hydrogens (tertiary/aromatic N) is 2. The van der Waals surface area contributed by atoms with Gasteiger partial charge in [-0.2, -0.15) is 0 Å². The van der Waals surface area contributed by atoms with Crippen molar-refractivity contribution in [1.29, 1.82) is 0 Å². The number of aliphatic carboxylic acids is 1. The fourth-order valence-corrected chi connectivity index (χ4v) is 2.86. The Morgan fingerprint density at radius 2 is 2.05 bits per heavy atom. The summed E-state index contributed by atoms with van der Waals surface area (Å²) in [6, 6.07) is 0. The second-order valence-corrected chi connectivity index (χ2v) is 6.19. The van der Waals surface area contributed by atoms with Gasteiger partial charge in [0.05, 0.1) is 18.2 Å². The van der Waals surface area contributed by atoms with E-state index in [4.69, 9.17) is 4.74 Å². The number of aromatic nitrogens is 1. The fourth-order valence-electron chi connectivity index (χ4n) is 2.86. The van der Waals surface area contributed by atoms with Gasteiger partial charge in [0.25, 0.3) is 0 Å². The molecule has 1 fully saturated rings. The fraction of sp³-hybridized carbons (Fsp3) is 0.625. The van der Waals surface area contributed by atoms with Gasteiger partial charge in [-0.15, -0.1) is 0 Å². The van der Waals surface area contributed by atoms with E-state index in [1.54, 1.807) is 7.11 Å². The van der Waals surface area contributed by atoms with Gasteiger partial charge in [0.2, 0.25) is 0 Å². The first-order valence-electron chi connectivity index (χ1n) is 7.32. The quantitative estimate of drug-likeness (QED) is 0.923. The summed E-state index contributed by atoms with van der Waals surface area (Å²) in [5, 5.41) is 9.27. The van der Waals surface area contributed by atoms with Crippen molar-refractivity contribution in [3.05, 3.63) is 23.0 Å². The zero-order chi connectivity index (χ0) is 15.6.